The van der Waals surface area contributed by atoms with E-state index in [4.69, 9.17) is 23.8 Å². The van der Waals surface area contributed by atoms with Crippen LogP contribution in [0.15, 0.2) is 173 Å². The van der Waals surface area contributed by atoms with Crippen LogP contribution >= 0.6 is 0 Å². The van der Waals surface area contributed by atoms with Crippen LogP contribution in [-0.4, -0.2) is 15.0 Å². The molecule has 0 bridgehead atoms. The van der Waals surface area contributed by atoms with Crippen LogP contribution in [0.5, 0.6) is 0 Å². The van der Waals surface area contributed by atoms with Crippen molar-refractivity contribution in [3.63, 3.8) is 0 Å². The molecule has 9 aromatic carbocycles. The van der Waals surface area contributed by atoms with Crippen molar-refractivity contribution >= 4 is 87.0 Å². The van der Waals surface area contributed by atoms with E-state index in [0.717, 1.165) is 104 Å². The summed E-state index contributed by atoms with van der Waals surface area (Å²) in [6, 6.07) is 56.9. The van der Waals surface area contributed by atoms with Crippen LogP contribution in [0, 0.1) is 0 Å². The molecule has 0 aliphatic rings. The van der Waals surface area contributed by atoms with Crippen molar-refractivity contribution in [3.8, 4) is 34.2 Å². The Labute approximate surface area is 307 Å². The molecule has 0 N–H and O–H groups in total. The van der Waals surface area contributed by atoms with Gasteiger partial charge in [0.1, 0.15) is 22.3 Å². The highest BCUT2D eigenvalue weighted by molar-refractivity contribution is 6.27. The van der Waals surface area contributed by atoms with Gasteiger partial charge in [0.2, 0.25) is 0 Å². The van der Waals surface area contributed by atoms with E-state index < -0.39 is 0 Å². The smallest absolute Gasteiger partial charge is 0.164 e. The monoisotopic (exact) mass is 689 g/mol. The first kappa shape index (κ1) is 29.2. The van der Waals surface area contributed by atoms with Crippen molar-refractivity contribution in [1.82, 2.24) is 15.0 Å². The largest absolute Gasteiger partial charge is 0.456 e. The molecule has 3 aromatic heterocycles. The molecule has 0 amide bonds. The number of fused-ring (bicyclic) bond motifs is 12. The first-order chi connectivity index (χ1) is 26.7. The average Bonchev–Trinajstić information content (AvgIpc) is 3.80. The molecule has 54 heavy (non-hydrogen) atoms. The van der Waals surface area contributed by atoms with E-state index in [0.29, 0.717) is 17.5 Å². The molecule has 0 spiro atoms. The number of nitrogens with zero attached hydrogens (tertiary/aromatic N) is 3. The summed E-state index contributed by atoms with van der Waals surface area (Å²) in [6.45, 7) is 0. The zero-order valence-corrected chi connectivity index (χ0v) is 28.7. The number of aromatic nitrogens is 3. The molecule has 12 aromatic rings. The van der Waals surface area contributed by atoms with Crippen LogP contribution in [0.4, 0.5) is 0 Å². The molecule has 0 fully saturated rings. The van der Waals surface area contributed by atoms with E-state index >= 15 is 0 Å². The maximum absolute atomic E-state index is 6.93. The van der Waals surface area contributed by atoms with Crippen molar-refractivity contribution in [1.29, 1.82) is 0 Å². The Hall–Kier alpha value is -7.37. The molecule has 250 valence electrons. The van der Waals surface area contributed by atoms with Gasteiger partial charge in [-0.3, -0.25) is 0 Å². The van der Waals surface area contributed by atoms with Gasteiger partial charge in [-0.1, -0.05) is 127 Å². The van der Waals surface area contributed by atoms with Crippen LogP contribution in [0.2, 0.25) is 0 Å². The van der Waals surface area contributed by atoms with Crippen molar-refractivity contribution in [2.45, 2.75) is 0 Å². The molecule has 5 heteroatoms. The number of hydrogen-bond acceptors (Lipinski definition) is 5. The molecule has 0 unspecified atom stereocenters. The molecular formula is C49H27N3O2. The van der Waals surface area contributed by atoms with Gasteiger partial charge in [-0.05, 0) is 74.1 Å². The Morgan fingerprint density at radius 2 is 0.944 bits per heavy atom. The number of rotatable bonds is 3. The summed E-state index contributed by atoms with van der Waals surface area (Å²) in [5.74, 6) is 1.74. The highest BCUT2D eigenvalue weighted by atomic mass is 16.3. The van der Waals surface area contributed by atoms with Crippen LogP contribution < -0.4 is 0 Å². The lowest BCUT2D eigenvalue weighted by Gasteiger charge is -2.12. The fraction of sp³-hybridized carbons (Fsp3) is 0. The summed E-state index contributed by atoms with van der Waals surface area (Å²) in [5, 5.41) is 13.0. The summed E-state index contributed by atoms with van der Waals surface area (Å²) in [5.41, 5.74) is 5.94. The quantitative estimate of drug-likeness (QED) is 0.173. The first-order valence-electron chi connectivity index (χ1n) is 18.1. The van der Waals surface area contributed by atoms with E-state index in [1.807, 2.05) is 30.3 Å². The zero-order valence-electron chi connectivity index (χ0n) is 28.7. The number of hydrogen-bond donors (Lipinski definition) is 0. The van der Waals surface area contributed by atoms with Gasteiger partial charge in [-0.2, -0.15) is 0 Å². The number of benzene rings is 9. The fourth-order valence-electron chi connectivity index (χ4n) is 8.33. The maximum atomic E-state index is 6.93. The Morgan fingerprint density at radius 1 is 0.315 bits per heavy atom. The second-order valence-corrected chi connectivity index (χ2v) is 14.0. The summed E-state index contributed by atoms with van der Waals surface area (Å²) in [4.78, 5) is 15.9. The maximum Gasteiger partial charge on any atom is 0.164 e. The van der Waals surface area contributed by atoms with E-state index in [1.165, 1.54) is 0 Å². The first-order valence-corrected chi connectivity index (χ1v) is 18.1. The summed E-state index contributed by atoms with van der Waals surface area (Å²) < 4.78 is 13.3. The minimum absolute atomic E-state index is 0.573. The molecule has 0 saturated carbocycles. The lowest BCUT2D eigenvalue weighted by Crippen LogP contribution is -2.01. The lowest BCUT2D eigenvalue weighted by molar-refractivity contribution is 0.669. The summed E-state index contributed by atoms with van der Waals surface area (Å²) >= 11 is 0. The van der Waals surface area contributed by atoms with Crippen LogP contribution in [0.3, 0.4) is 0 Å². The SMILES string of the molecule is c1ccc2cc(-c3nc(-c4cccc5oc6ccccc6c45)nc(-c4cc5ccc6ccccc6c5c5oc6cc7ccccc7cc6c45)n3)ccc2c1. The topological polar surface area (TPSA) is 65.0 Å². The fourth-order valence-corrected chi connectivity index (χ4v) is 8.33. The lowest BCUT2D eigenvalue weighted by atomic mass is 9.95. The Kier molecular flexibility index (Phi) is 5.99. The van der Waals surface area contributed by atoms with Crippen LogP contribution in [0.25, 0.3) is 121 Å². The van der Waals surface area contributed by atoms with Crippen LogP contribution in [-0.2, 0) is 0 Å². The van der Waals surface area contributed by atoms with Gasteiger partial charge < -0.3 is 8.83 Å². The summed E-state index contributed by atoms with van der Waals surface area (Å²) in [7, 11) is 0. The minimum atomic E-state index is 0.573. The van der Waals surface area contributed by atoms with Gasteiger partial charge in [0.25, 0.3) is 0 Å². The second kappa shape index (κ2) is 11.1. The summed E-state index contributed by atoms with van der Waals surface area (Å²) in [6.07, 6.45) is 0. The van der Waals surface area contributed by atoms with Crippen molar-refractivity contribution in [3.05, 3.63) is 164 Å². The third-order valence-corrected chi connectivity index (χ3v) is 10.8. The molecule has 0 atom stereocenters. The van der Waals surface area contributed by atoms with Crippen molar-refractivity contribution in [2.24, 2.45) is 0 Å². The van der Waals surface area contributed by atoms with Crippen LogP contribution in [0.1, 0.15) is 0 Å². The molecule has 0 aliphatic carbocycles. The molecule has 0 aliphatic heterocycles. The van der Waals surface area contributed by atoms with Crippen molar-refractivity contribution in [2.75, 3.05) is 0 Å². The van der Waals surface area contributed by atoms with Gasteiger partial charge in [-0.15, -0.1) is 0 Å². The molecule has 12 rings (SSSR count). The molecule has 5 nitrogen and oxygen atoms in total. The van der Waals surface area contributed by atoms with Gasteiger partial charge in [-0.25, -0.2) is 15.0 Å². The van der Waals surface area contributed by atoms with Gasteiger partial charge in [0.15, 0.2) is 17.5 Å². The molecule has 0 radical (unpaired) electrons. The molecule has 3 heterocycles. The standard InChI is InChI=1S/C49H27N3O2/c1-2-12-30-24-34(23-20-28(30)10-1)47-50-48(37-17-9-19-41-44(37)36-16-7-8-18-40(36)53-41)52-49(51-47)39-26-33-22-21-29-11-5-6-15-35(29)43(33)46-45(39)38-25-31-13-3-4-14-32(31)27-42(38)54-46/h1-27H. The molecular weight excluding hydrogens is 663 g/mol. The minimum Gasteiger partial charge on any atom is -0.456 e. The third kappa shape index (κ3) is 4.30. The number of furan rings is 2. The van der Waals surface area contributed by atoms with E-state index in [-0.39, 0.29) is 0 Å². The normalized spacial score (nSPS) is 12.1. The third-order valence-electron chi connectivity index (χ3n) is 10.8. The Balaban J connectivity index is 1.22. The Morgan fingerprint density at radius 3 is 1.80 bits per heavy atom. The Bertz CT molecular complexity index is 3520. The highest BCUT2D eigenvalue weighted by Crippen LogP contribution is 2.45. The van der Waals surface area contributed by atoms with E-state index in [9.17, 15) is 0 Å². The van der Waals surface area contributed by atoms with E-state index in [1.54, 1.807) is 0 Å². The highest BCUT2D eigenvalue weighted by Gasteiger charge is 2.23. The molecule has 0 saturated heterocycles. The second-order valence-electron chi connectivity index (χ2n) is 14.0. The van der Waals surface area contributed by atoms with Crippen molar-refractivity contribution < 1.29 is 8.83 Å². The zero-order chi connectivity index (χ0) is 35.3. The van der Waals surface area contributed by atoms with E-state index in [2.05, 4.69) is 133 Å². The number of para-hydroxylation sites is 1. The predicted molar refractivity (Wildman–Crippen MR) is 221 cm³/mol. The van der Waals surface area contributed by atoms with Gasteiger partial charge in [0, 0.05) is 43.6 Å². The van der Waals surface area contributed by atoms with Gasteiger partial charge in [0.05, 0.1) is 0 Å². The predicted octanol–water partition coefficient (Wildman–Crippen LogP) is 13.3. The average molecular weight is 690 g/mol. The van der Waals surface area contributed by atoms with Gasteiger partial charge >= 0.3 is 0 Å².